The smallest absolute Gasteiger partial charge is 0.194 e. The Bertz CT molecular complexity index is 338. The Balaban J connectivity index is 2.74. The zero-order valence-corrected chi connectivity index (χ0v) is 8.36. The third-order valence-electron chi connectivity index (χ3n) is 1.88. The molecule has 0 aromatic heterocycles. The first-order chi connectivity index (χ1) is 7.15. The second kappa shape index (κ2) is 5.56. The van der Waals surface area contributed by atoms with Gasteiger partial charge in [0.05, 0.1) is 0 Å². The van der Waals surface area contributed by atoms with Gasteiger partial charge in [0.25, 0.3) is 0 Å². The monoisotopic (exact) mass is 215 g/mol. The highest BCUT2D eigenvalue weighted by atomic mass is 19.2. The summed E-state index contributed by atoms with van der Waals surface area (Å²) in [6, 6.07) is 1.93. The fourth-order valence-corrected chi connectivity index (χ4v) is 1.12. The molecular weight excluding hydrogens is 203 g/mol. The molecule has 1 aromatic carbocycles. The number of hydrogen-bond acceptors (Lipinski definition) is 1. The first-order valence-corrected chi connectivity index (χ1v) is 4.61. The van der Waals surface area contributed by atoms with Crippen LogP contribution in [0, 0.1) is 17.5 Å². The van der Waals surface area contributed by atoms with Crippen molar-refractivity contribution in [1.82, 2.24) is 5.32 Å². The highest BCUT2D eigenvalue weighted by molar-refractivity contribution is 5.49. The summed E-state index contributed by atoms with van der Waals surface area (Å²) in [5.41, 5.74) is 0.322. The standard InChI is InChI=1S/C11H12F3N/c1-15-5-3-2-4-8-6-9(12)11(14)10(13)7-8/h2,4,6-7,15H,3,5H2,1H3. The fourth-order valence-electron chi connectivity index (χ4n) is 1.12. The Morgan fingerprint density at radius 2 is 1.80 bits per heavy atom. The Labute approximate surface area is 86.6 Å². The van der Waals surface area contributed by atoms with Gasteiger partial charge in [-0.25, -0.2) is 13.2 Å². The van der Waals surface area contributed by atoms with Gasteiger partial charge < -0.3 is 5.32 Å². The molecule has 0 bridgehead atoms. The molecule has 0 aliphatic carbocycles. The topological polar surface area (TPSA) is 12.0 Å². The number of nitrogens with one attached hydrogen (secondary N) is 1. The van der Waals surface area contributed by atoms with Gasteiger partial charge in [0, 0.05) is 0 Å². The van der Waals surface area contributed by atoms with Gasteiger partial charge in [0.15, 0.2) is 17.5 Å². The molecule has 82 valence electrons. The van der Waals surface area contributed by atoms with Crippen LogP contribution in [0.4, 0.5) is 13.2 Å². The van der Waals surface area contributed by atoms with E-state index in [-0.39, 0.29) is 0 Å². The summed E-state index contributed by atoms with van der Waals surface area (Å²) < 4.78 is 38.1. The predicted octanol–water partition coefficient (Wildman–Crippen LogP) is 2.73. The lowest BCUT2D eigenvalue weighted by Gasteiger charge is -1.98. The SMILES string of the molecule is CNCCC=Cc1cc(F)c(F)c(F)c1. The van der Waals surface area contributed by atoms with Gasteiger partial charge in [-0.2, -0.15) is 0 Å². The van der Waals surface area contributed by atoms with Crippen LogP contribution in [-0.4, -0.2) is 13.6 Å². The number of benzene rings is 1. The zero-order chi connectivity index (χ0) is 11.3. The van der Waals surface area contributed by atoms with E-state index in [9.17, 15) is 13.2 Å². The molecular formula is C11H12F3N. The maximum absolute atomic E-state index is 12.8. The fraction of sp³-hybridized carbons (Fsp3) is 0.273. The first-order valence-electron chi connectivity index (χ1n) is 4.61. The van der Waals surface area contributed by atoms with Crippen molar-refractivity contribution in [3.63, 3.8) is 0 Å². The van der Waals surface area contributed by atoms with Crippen molar-refractivity contribution in [2.75, 3.05) is 13.6 Å². The Hall–Kier alpha value is -1.29. The molecule has 1 aromatic rings. The average molecular weight is 215 g/mol. The Kier molecular flexibility index (Phi) is 4.37. The summed E-state index contributed by atoms with van der Waals surface area (Å²) in [5, 5.41) is 2.93. The van der Waals surface area contributed by atoms with Crippen molar-refractivity contribution in [2.45, 2.75) is 6.42 Å². The molecule has 0 amide bonds. The van der Waals surface area contributed by atoms with E-state index in [2.05, 4.69) is 5.32 Å². The largest absolute Gasteiger partial charge is 0.319 e. The van der Waals surface area contributed by atoms with E-state index >= 15 is 0 Å². The van der Waals surface area contributed by atoms with E-state index in [1.165, 1.54) is 0 Å². The van der Waals surface area contributed by atoms with Crippen LogP contribution in [0.15, 0.2) is 18.2 Å². The van der Waals surface area contributed by atoms with E-state index < -0.39 is 17.5 Å². The molecule has 0 radical (unpaired) electrons. The summed E-state index contributed by atoms with van der Waals surface area (Å²) >= 11 is 0. The molecule has 0 saturated heterocycles. The van der Waals surface area contributed by atoms with Crippen molar-refractivity contribution in [1.29, 1.82) is 0 Å². The number of hydrogen-bond donors (Lipinski definition) is 1. The third-order valence-corrected chi connectivity index (χ3v) is 1.88. The maximum Gasteiger partial charge on any atom is 0.194 e. The lowest BCUT2D eigenvalue weighted by atomic mass is 10.2. The molecule has 0 saturated carbocycles. The zero-order valence-electron chi connectivity index (χ0n) is 8.36. The molecule has 0 aliphatic rings. The van der Waals surface area contributed by atoms with Gasteiger partial charge in [-0.1, -0.05) is 12.2 Å². The van der Waals surface area contributed by atoms with Crippen molar-refractivity contribution in [3.8, 4) is 0 Å². The summed E-state index contributed by atoms with van der Waals surface area (Å²) in [6.45, 7) is 0.780. The molecule has 1 rings (SSSR count). The molecule has 0 fully saturated rings. The van der Waals surface area contributed by atoms with Crippen molar-refractivity contribution in [3.05, 3.63) is 41.2 Å². The van der Waals surface area contributed by atoms with Crippen LogP contribution in [0.5, 0.6) is 0 Å². The molecule has 0 heterocycles. The molecule has 1 nitrogen and oxygen atoms in total. The van der Waals surface area contributed by atoms with Crippen molar-refractivity contribution in [2.24, 2.45) is 0 Å². The minimum absolute atomic E-state index is 0.322. The minimum Gasteiger partial charge on any atom is -0.319 e. The van der Waals surface area contributed by atoms with Crippen LogP contribution in [0.1, 0.15) is 12.0 Å². The lowest BCUT2D eigenvalue weighted by Crippen LogP contribution is -2.05. The molecule has 0 unspecified atom stereocenters. The Morgan fingerprint density at radius 1 is 1.20 bits per heavy atom. The summed E-state index contributed by atoms with van der Waals surface area (Å²) in [4.78, 5) is 0. The minimum atomic E-state index is -1.43. The van der Waals surface area contributed by atoms with Gasteiger partial charge in [0.1, 0.15) is 0 Å². The van der Waals surface area contributed by atoms with Gasteiger partial charge in [0.2, 0.25) is 0 Å². The van der Waals surface area contributed by atoms with Crippen LogP contribution >= 0.6 is 0 Å². The molecule has 4 heteroatoms. The number of rotatable bonds is 4. The van der Waals surface area contributed by atoms with Crippen molar-refractivity contribution >= 4 is 6.08 Å². The second-order valence-corrected chi connectivity index (χ2v) is 3.09. The quantitative estimate of drug-likeness (QED) is 0.601. The van der Waals surface area contributed by atoms with E-state index in [0.29, 0.717) is 5.56 Å². The lowest BCUT2D eigenvalue weighted by molar-refractivity contribution is 0.447. The normalized spacial score (nSPS) is 11.2. The van der Waals surface area contributed by atoms with Crippen LogP contribution in [0.25, 0.3) is 6.08 Å². The van der Waals surface area contributed by atoms with Gasteiger partial charge in [-0.3, -0.25) is 0 Å². The molecule has 0 atom stereocenters. The maximum atomic E-state index is 12.8. The first kappa shape index (κ1) is 11.8. The number of halogens is 3. The molecule has 15 heavy (non-hydrogen) atoms. The van der Waals surface area contributed by atoms with E-state index in [1.54, 1.807) is 12.2 Å². The van der Waals surface area contributed by atoms with Crippen molar-refractivity contribution < 1.29 is 13.2 Å². The summed E-state index contributed by atoms with van der Waals surface area (Å²) in [7, 11) is 1.81. The summed E-state index contributed by atoms with van der Waals surface area (Å²) in [5.74, 6) is -3.76. The average Bonchev–Trinajstić information content (AvgIpc) is 2.21. The third kappa shape index (κ3) is 3.40. The predicted molar refractivity (Wildman–Crippen MR) is 53.9 cm³/mol. The van der Waals surface area contributed by atoms with Crippen LogP contribution in [-0.2, 0) is 0 Å². The highest BCUT2D eigenvalue weighted by Gasteiger charge is 2.08. The second-order valence-electron chi connectivity index (χ2n) is 3.09. The van der Waals surface area contributed by atoms with Gasteiger partial charge in [-0.15, -0.1) is 0 Å². The molecule has 0 aliphatic heterocycles. The van der Waals surface area contributed by atoms with Gasteiger partial charge >= 0.3 is 0 Å². The van der Waals surface area contributed by atoms with E-state index in [4.69, 9.17) is 0 Å². The summed E-state index contributed by atoms with van der Waals surface area (Å²) in [6.07, 6.45) is 4.07. The Morgan fingerprint density at radius 3 is 2.33 bits per heavy atom. The molecule has 1 N–H and O–H groups in total. The van der Waals surface area contributed by atoms with Crippen LogP contribution in [0.2, 0.25) is 0 Å². The highest BCUT2D eigenvalue weighted by Crippen LogP contribution is 2.14. The van der Waals surface area contributed by atoms with Crippen LogP contribution < -0.4 is 5.32 Å². The van der Waals surface area contributed by atoms with Crippen LogP contribution in [0.3, 0.4) is 0 Å². The van der Waals surface area contributed by atoms with E-state index in [0.717, 1.165) is 25.1 Å². The van der Waals surface area contributed by atoms with Gasteiger partial charge in [-0.05, 0) is 37.7 Å². The van der Waals surface area contributed by atoms with E-state index in [1.807, 2.05) is 7.05 Å². The molecule has 0 spiro atoms.